The number of anilines is 2. The Morgan fingerprint density at radius 3 is 2.67 bits per heavy atom. The first-order valence-electron chi connectivity index (χ1n) is 7.61. The molecule has 128 valence electrons. The van der Waals surface area contributed by atoms with Crippen molar-refractivity contribution >= 4 is 28.1 Å². The van der Waals surface area contributed by atoms with Crippen LogP contribution in [-0.2, 0) is 0 Å². The highest BCUT2D eigenvalue weighted by Gasteiger charge is 2.23. The van der Waals surface area contributed by atoms with Crippen LogP contribution in [0.1, 0.15) is 30.3 Å². The summed E-state index contributed by atoms with van der Waals surface area (Å²) in [6.07, 6.45) is 1.92. The number of amides is 1. The number of halogens is 3. The predicted molar refractivity (Wildman–Crippen MR) is 86.0 cm³/mol. The molecule has 1 fully saturated rings. The standard InChI is InChI=1S/C16H16F3N3OS/c1-9-4-6-22(7-5-9)15(23)12-8-24-16(21-12)20-11-3-2-10(17)13(18)14(11)19/h2-3,8-9H,4-7H2,1H3,(H,20,21). The van der Waals surface area contributed by atoms with Crippen LogP contribution < -0.4 is 5.32 Å². The number of carbonyl (C=O) groups excluding carboxylic acids is 1. The lowest BCUT2D eigenvalue weighted by molar-refractivity contribution is 0.0692. The largest absolute Gasteiger partial charge is 0.337 e. The second-order valence-corrected chi connectivity index (χ2v) is 6.72. The number of thiazole rings is 1. The van der Waals surface area contributed by atoms with E-state index in [-0.39, 0.29) is 22.4 Å². The van der Waals surface area contributed by atoms with Gasteiger partial charge in [-0.15, -0.1) is 11.3 Å². The number of nitrogens with zero attached hydrogens (tertiary/aromatic N) is 2. The first-order chi connectivity index (χ1) is 11.5. The zero-order chi connectivity index (χ0) is 17.3. The molecule has 0 atom stereocenters. The maximum absolute atomic E-state index is 13.7. The lowest BCUT2D eigenvalue weighted by Gasteiger charge is -2.29. The summed E-state index contributed by atoms with van der Waals surface area (Å²) in [6.45, 7) is 3.54. The summed E-state index contributed by atoms with van der Waals surface area (Å²) in [6, 6.07) is 1.91. The molecule has 2 heterocycles. The highest BCUT2D eigenvalue weighted by Crippen LogP contribution is 2.26. The van der Waals surface area contributed by atoms with Gasteiger partial charge >= 0.3 is 0 Å². The van der Waals surface area contributed by atoms with Crippen LogP contribution >= 0.6 is 11.3 Å². The van der Waals surface area contributed by atoms with Crippen LogP contribution in [0.5, 0.6) is 0 Å². The summed E-state index contributed by atoms with van der Waals surface area (Å²) in [5.74, 6) is -3.68. The molecule has 3 rings (SSSR count). The summed E-state index contributed by atoms with van der Waals surface area (Å²) in [7, 11) is 0. The average Bonchev–Trinajstić information content (AvgIpc) is 3.04. The number of rotatable bonds is 3. The molecule has 4 nitrogen and oxygen atoms in total. The van der Waals surface area contributed by atoms with E-state index < -0.39 is 17.5 Å². The molecule has 1 aromatic heterocycles. The summed E-state index contributed by atoms with van der Waals surface area (Å²) >= 11 is 1.10. The van der Waals surface area contributed by atoms with Gasteiger partial charge in [0.25, 0.3) is 5.91 Å². The number of nitrogens with one attached hydrogen (secondary N) is 1. The molecular weight excluding hydrogens is 339 g/mol. The fourth-order valence-corrected chi connectivity index (χ4v) is 3.24. The van der Waals surface area contributed by atoms with Gasteiger partial charge in [0, 0.05) is 18.5 Å². The van der Waals surface area contributed by atoms with Crippen LogP contribution in [-0.4, -0.2) is 28.9 Å². The van der Waals surface area contributed by atoms with E-state index in [2.05, 4.69) is 17.2 Å². The van der Waals surface area contributed by atoms with Crippen molar-refractivity contribution in [2.45, 2.75) is 19.8 Å². The molecular formula is C16H16F3N3OS. The molecule has 2 aromatic rings. The van der Waals surface area contributed by atoms with Crippen LogP contribution in [0.25, 0.3) is 0 Å². The Morgan fingerprint density at radius 2 is 1.96 bits per heavy atom. The number of piperidine rings is 1. The van der Waals surface area contributed by atoms with Gasteiger partial charge in [0.2, 0.25) is 0 Å². The van der Waals surface area contributed by atoms with E-state index in [1.165, 1.54) is 0 Å². The number of carbonyl (C=O) groups is 1. The van der Waals surface area contributed by atoms with Crippen LogP contribution in [0.15, 0.2) is 17.5 Å². The third-order valence-corrected chi connectivity index (χ3v) is 4.83. The molecule has 1 amide bonds. The molecule has 0 saturated carbocycles. The third kappa shape index (κ3) is 3.38. The van der Waals surface area contributed by atoms with Crippen LogP contribution in [0, 0.1) is 23.4 Å². The lowest BCUT2D eigenvalue weighted by atomic mass is 9.99. The number of likely N-dealkylation sites (tertiary alicyclic amines) is 1. The van der Waals surface area contributed by atoms with Gasteiger partial charge in [-0.25, -0.2) is 18.2 Å². The minimum atomic E-state index is -1.55. The Kier molecular flexibility index (Phi) is 4.75. The topological polar surface area (TPSA) is 45.2 Å². The molecule has 0 spiro atoms. The number of hydrogen-bond donors (Lipinski definition) is 1. The van der Waals surface area contributed by atoms with E-state index >= 15 is 0 Å². The van der Waals surface area contributed by atoms with E-state index in [1.54, 1.807) is 10.3 Å². The van der Waals surface area contributed by atoms with E-state index in [4.69, 9.17) is 0 Å². The molecule has 24 heavy (non-hydrogen) atoms. The molecule has 1 aliphatic rings. The molecule has 1 aromatic carbocycles. The smallest absolute Gasteiger partial charge is 0.273 e. The average molecular weight is 355 g/mol. The first kappa shape index (κ1) is 16.8. The van der Waals surface area contributed by atoms with Crippen molar-refractivity contribution in [3.63, 3.8) is 0 Å². The first-order valence-corrected chi connectivity index (χ1v) is 8.49. The normalized spacial score (nSPS) is 15.6. The van der Waals surface area contributed by atoms with E-state index in [9.17, 15) is 18.0 Å². The maximum atomic E-state index is 13.7. The SMILES string of the molecule is CC1CCN(C(=O)c2csc(Nc3ccc(F)c(F)c3F)n2)CC1. The van der Waals surface area contributed by atoms with Crippen molar-refractivity contribution in [1.82, 2.24) is 9.88 Å². The number of benzene rings is 1. The van der Waals surface area contributed by atoms with Crippen LogP contribution in [0.4, 0.5) is 24.0 Å². The Morgan fingerprint density at radius 1 is 1.25 bits per heavy atom. The summed E-state index contributed by atoms with van der Waals surface area (Å²) in [4.78, 5) is 18.3. The van der Waals surface area contributed by atoms with Gasteiger partial charge in [-0.05, 0) is 30.9 Å². The molecule has 0 radical (unpaired) electrons. The molecule has 1 N–H and O–H groups in total. The van der Waals surface area contributed by atoms with Crippen molar-refractivity contribution in [3.05, 3.63) is 40.7 Å². The minimum Gasteiger partial charge on any atom is -0.337 e. The highest BCUT2D eigenvalue weighted by molar-refractivity contribution is 7.14. The fourth-order valence-electron chi connectivity index (χ4n) is 2.54. The molecule has 0 bridgehead atoms. The third-order valence-electron chi connectivity index (χ3n) is 4.07. The van der Waals surface area contributed by atoms with Gasteiger partial charge < -0.3 is 10.2 Å². The zero-order valence-corrected chi connectivity index (χ0v) is 13.8. The molecule has 8 heteroatoms. The van der Waals surface area contributed by atoms with Gasteiger partial charge in [-0.2, -0.15) is 0 Å². The second-order valence-electron chi connectivity index (χ2n) is 5.86. The van der Waals surface area contributed by atoms with E-state index in [1.807, 2.05) is 0 Å². The van der Waals surface area contributed by atoms with Crippen molar-refractivity contribution in [2.24, 2.45) is 5.92 Å². The quantitative estimate of drug-likeness (QED) is 0.841. The minimum absolute atomic E-state index is 0.169. The molecule has 1 saturated heterocycles. The van der Waals surface area contributed by atoms with Crippen LogP contribution in [0.2, 0.25) is 0 Å². The monoisotopic (exact) mass is 355 g/mol. The van der Waals surface area contributed by atoms with E-state index in [0.29, 0.717) is 19.0 Å². The summed E-state index contributed by atoms with van der Waals surface area (Å²) in [5.41, 5.74) is 0.0362. The van der Waals surface area contributed by atoms with Gasteiger partial charge in [-0.3, -0.25) is 4.79 Å². The molecule has 0 unspecified atom stereocenters. The van der Waals surface area contributed by atoms with Gasteiger partial charge in [-0.1, -0.05) is 6.92 Å². The van der Waals surface area contributed by atoms with E-state index in [0.717, 1.165) is 36.3 Å². The Balaban J connectivity index is 1.72. The Bertz CT molecular complexity index is 757. The summed E-state index contributed by atoms with van der Waals surface area (Å²) < 4.78 is 39.8. The maximum Gasteiger partial charge on any atom is 0.273 e. The highest BCUT2D eigenvalue weighted by atomic mass is 32.1. The number of hydrogen-bond acceptors (Lipinski definition) is 4. The lowest BCUT2D eigenvalue weighted by Crippen LogP contribution is -2.38. The number of aromatic nitrogens is 1. The molecule has 1 aliphatic heterocycles. The second kappa shape index (κ2) is 6.80. The van der Waals surface area contributed by atoms with Crippen molar-refractivity contribution in [2.75, 3.05) is 18.4 Å². The predicted octanol–water partition coefficient (Wildman–Crippen LogP) is 4.18. The molecule has 0 aliphatic carbocycles. The zero-order valence-electron chi connectivity index (χ0n) is 13.0. The van der Waals surface area contributed by atoms with Gasteiger partial charge in [0.1, 0.15) is 5.69 Å². The van der Waals surface area contributed by atoms with Gasteiger partial charge in [0.15, 0.2) is 22.6 Å². The Labute approximate surface area is 141 Å². The van der Waals surface area contributed by atoms with Crippen molar-refractivity contribution in [3.8, 4) is 0 Å². The van der Waals surface area contributed by atoms with Gasteiger partial charge in [0.05, 0.1) is 5.69 Å². The Hall–Kier alpha value is -2.09. The summed E-state index contributed by atoms with van der Waals surface area (Å²) in [5, 5.41) is 4.39. The van der Waals surface area contributed by atoms with Crippen molar-refractivity contribution < 1.29 is 18.0 Å². The fraction of sp³-hybridized carbons (Fsp3) is 0.375. The van der Waals surface area contributed by atoms with Crippen LogP contribution in [0.3, 0.4) is 0 Å². The van der Waals surface area contributed by atoms with Crippen molar-refractivity contribution in [1.29, 1.82) is 0 Å².